The van der Waals surface area contributed by atoms with E-state index in [4.69, 9.17) is 0 Å². The van der Waals surface area contributed by atoms with Crippen LogP contribution in [0.5, 0.6) is 0 Å². The van der Waals surface area contributed by atoms with E-state index >= 15 is 0 Å². The first-order valence-electron chi connectivity index (χ1n) is 5.87. The highest BCUT2D eigenvalue weighted by atomic mass is 15.3. The summed E-state index contributed by atoms with van der Waals surface area (Å²) in [5.74, 6) is 0. The minimum Gasteiger partial charge on any atom is -0.378 e. The molecule has 2 aromatic heterocycles. The Morgan fingerprint density at radius 2 is 1.94 bits per heavy atom. The number of hydrogen-bond donors (Lipinski definition) is 1. The van der Waals surface area contributed by atoms with Crippen LogP contribution in [0.2, 0.25) is 0 Å². The molecule has 0 bridgehead atoms. The quantitative estimate of drug-likeness (QED) is 0.877. The number of nitrogens with one attached hydrogen (secondary N) is 1. The molecule has 17 heavy (non-hydrogen) atoms. The maximum absolute atomic E-state index is 4.40. The number of nitrogens with zero attached hydrogens (tertiary/aromatic N) is 4. The zero-order chi connectivity index (χ0) is 12.4. The molecule has 1 N–H and O–H groups in total. The van der Waals surface area contributed by atoms with Gasteiger partial charge in [0.05, 0.1) is 17.1 Å². The third kappa shape index (κ3) is 2.49. The molecule has 5 heteroatoms. The lowest BCUT2D eigenvalue weighted by Gasteiger charge is -2.02. The fraction of sp³-hybridized carbons (Fsp3) is 0.500. The topological polar surface area (TPSA) is 47.7 Å². The maximum atomic E-state index is 4.40. The van der Waals surface area contributed by atoms with Crippen molar-refractivity contribution in [2.75, 3.05) is 5.32 Å². The van der Waals surface area contributed by atoms with E-state index in [0.717, 1.165) is 30.2 Å². The van der Waals surface area contributed by atoms with E-state index < -0.39 is 0 Å². The van der Waals surface area contributed by atoms with Crippen molar-refractivity contribution in [2.24, 2.45) is 7.05 Å². The van der Waals surface area contributed by atoms with E-state index in [-0.39, 0.29) is 0 Å². The van der Waals surface area contributed by atoms with Crippen molar-refractivity contribution in [1.82, 2.24) is 19.6 Å². The second-order valence-electron chi connectivity index (χ2n) is 4.25. The van der Waals surface area contributed by atoms with Gasteiger partial charge in [-0.3, -0.25) is 9.36 Å². The number of aromatic nitrogens is 4. The van der Waals surface area contributed by atoms with E-state index in [2.05, 4.69) is 22.4 Å². The molecule has 0 radical (unpaired) electrons. The van der Waals surface area contributed by atoms with Gasteiger partial charge in [-0.05, 0) is 20.8 Å². The molecule has 0 saturated carbocycles. The summed E-state index contributed by atoms with van der Waals surface area (Å²) in [5, 5.41) is 12.1. The number of aryl methyl sites for hydroxylation is 4. The van der Waals surface area contributed by atoms with Crippen LogP contribution in [-0.4, -0.2) is 19.6 Å². The van der Waals surface area contributed by atoms with E-state index in [1.165, 1.54) is 5.56 Å². The van der Waals surface area contributed by atoms with Crippen molar-refractivity contribution in [3.63, 3.8) is 0 Å². The summed E-state index contributed by atoms with van der Waals surface area (Å²) in [5.41, 5.74) is 4.42. The van der Waals surface area contributed by atoms with Crippen molar-refractivity contribution in [1.29, 1.82) is 0 Å². The molecule has 5 nitrogen and oxygen atoms in total. The molecule has 92 valence electrons. The molecule has 0 aromatic carbocycles. The second-order valence-corrected chi connectivity index (χ2v) is 4.25. The van der Waals surface area contributed by atoms with Gasteiger partial charge in [0.2, 0.25) is 0 Å². The average molecular weight is 233 g/mol. The first kappa shape index (κ1) is 11.7. The Labute approximate surface area is 101 Å². The lowest BCUT2D eigenvalue weighted by molar-refractivity contribution is 0.653. The van der Waals surface area contributed by atoms with Gasteiger partial charge in [-0.25, -0.2) is 0 Å². The largest absolute Gasteiger partial charge is 0.378 e. The molecule has 2 rings (SSSR count). The third-order valence-electron chi connectivity index (χ3n) is 2.85. The molecule has 0 fully saturated rings. The van der Waals surface area contributed by atoms with Crippen molar-refractivity contribution < 1.29 is 0 Å². The summed E-state index contributed by atoms with van der Waals surface area (Å²) in [6.45, 7) is 7.82. The van der Waals surface area contributed by atoms with Crippen molar-refractivity contribution in [2.45, 2.75) is 33.9 Å². The summed E-state index contributed by atoms with van der Waals surface area (Å²) in [7, 11) is 1.94. The predicted octanol–water partition coefficient (Wildman–Crippen LogP) is 1.87. The smallest absolute Gasteiger partial charge is 0.0825 e. The molecule has 0 unspecified atom stereocenters. The Morgan fingerprint density at radius 1 is 1.18 bits per heavy atom. The summed E-state index contributed by atoms with van der Waals surface area (Å²) < 4.78 is 3.78. The zero-order valence-electron chi connectivity index (χ0n) is 10.9. The van der Waals surface area contributed by atoms with Crippen LogP contribution < -0.4 is 5.32 Å². The van der Waals surface area contributed by atoms with E-state index in [0.29, 0.717) is 0 Å². The Kier molecular flexibility index (Phi) is 3.17. The number of anilines is 1. The molecule has 0 aliphatic heterocycles. The molecule has 2 aromatic rings. The molecule has 0 aliphatic rings. The Bertz CT molecular complexity index is 509. The Morgan fingerprint density at radius 3 is 2.47 bits per heavy atom. The average Bonchev–Trinajstić information content (AvgIpc) is 2.79. The van der Waals surface area contributed by atoms with Crippen LogP contribution >= 0.6 is 0 Å². The van der Waals surface area contributed by atoms with Gasteiger partial charge in [0.1, 0.15) is 0 Å². The first-order valence-corrected chi connectivity index (χ1v) is 5.87. The SMILES string of the molecule is CCn1cc(NCc2cn(C)nc2C)c(C)n1. The normalized spacial score (nSPS) is 10.8. The molecule has 0 aliphatic carbocycles. The van der Waals surface area contributed by atoms with E-state index in [1.54, 1.807) is 0 Å². The summed E-state index contributed by atoms with van der Waals surface area (Å²) in [4.78, 5) is 0. The van der Waals surface area contributed by atoms with E-state index in [9.17, 15) is 0 Å². The highest BCUT2D eigenvalue weighted by molar-refractivity contribution is 5.46. The molecular formula is C12H19N5. The summed E-state index contributed by atoms with van der Waals surface area (Å²) >= 11 is 0. The van der Waals surface area contributed by atoms with Crippen molar-refractivity contribution in [3.05, 3.63) is 29.3 Å². The standard InChI is InChI=1S/C12H19N5/c1-5-17-8-12(10(3)15-17)13-6-11-7-16(4)14-9(11)2/h7-8,13H,5-6H2,1-4H3. The van der Waals surface area contributed by atoms with Crippen molar-refractivity contribution in [3.8, 4) is 0 Å². The maximum Gasteiger partial charge on any atom is 0.0825 e. The summed E-state index contributed by atoms with van der Waals surface area (Å²) in [6.07, 6.45) is 4.09. The Hall–Kier alpha value is -1.78. The van der Waals surface area contributed by atoms with Gasteiger partial charge < -0.3 is 5.32 Å². The van der Waals surface area contributed by atoms with Crippen LogP contribution in [-0.2, 0) is 20.1 Å². The molecule has 0 atom stereocenters. The Balaban J connectivity index is 2.06. The van der Waals surface area contributed by atoms with Crippen LogP contribution in [0.25, 0.3) is 0 Å². The highest BCUT2D eigenvalue weighted by Gasteiger charge is 2.06. The van der Waals surface area contributed by atoms with Crippen LogP contribution in [0.3, 0.4) is 0 Å². The summed E-state index contributed by atoms with van der Waals surface area (Å²) in [6, 6.07) is 0. The second kappa shape index (κ2) is 4.61. The van der Waals surface area contributed by atoms with Gasteiger partial charge in [-0.2, -0.15) is 10.2 Å². The molecular weight excluding hydrogens is 214 g/mol. The van der Waals surface area contributed by atoms with Crippen LogP contribution in [0.4, 0.5) is 5.69 Å². The number of rotatable bonds is 4. The molecule has 0 spiro atoms. The number of hydrogen-bond acceptors (Lipinski definition) is 3. The predicted molar refractivity (Wildman–Crippen MR) is 67.9 cm³/mol. The van der Waals surface area contributed by atoms with Gasteiger partial charge in [-0.15, -0.1) is 0 Å². The fourth-order valence-corrected chi connectivity index (χ4v) is 1.87. The monoisotopic (exact) mass is 233 g/mol. The lowest BCUT2D eigenvalue weighted by atomic mass is 10.2. The lowest BCUT2D eigenvalue weighted by Crippen LogP contribution is -2.00. The highest BCUT2D eigenvalue weighted by Crippen LogP contribution is 2.14. The molecule has 2 heterocycles. The molecule has 0 amide bonds. The van der Waals surface area contributed by atoms with Gasteiger partial charge in [0.25, 0.3) is 0 Å². The third-order valence-corrected chi connectivity index (χ3v) is 2.85. The van der Waals surface area contributed by atoms with Gasteiger partial charge in [0.15, 0.2) is 0 Å². The van der Waals surface area contributed by atoms with E-state index in [1.807, 2.05) is 42.7 Å². The van der Waals surface area contributed by atoms with Gasteiger partial charge >= 0.3 is 0 Å². The van der Waals surface area contributed by atoms with Gasteiger partial charge in [-0.1, -0.05) is 0 Å². The first-order chi connectivity index (χ1) is 8.10. The van der Waals surface area contributed by atoms with Crippen molar-refractivity contribution >= 4 is 5.69 Å². The minimum atomic E-state index is 0.788. The fourth-order valence-electron chi connectivity index (χ4n) is 1.87. The zero-order valence-corrected chi connectivity index (χ0v) is 10.9. The van der Waals surface area contributed by atoms with Crippen LogP contribution in [0.15, 0.2) is 12.4 Å². The molecule has 0 saturated heterocycles. The van der Waals surface area contributed by atoms with Crippen LogP contribution in [0, 0.1) is 13.8 Å². The minimum absolute atomic E-state index is 0.788. The van der Waals surface area contributed by atoms with Gasteiger partial charge in [0, 0.05) is 38.1 Å². The van der Waals surface area contributed by atoms with Crippen LogP contribution in [0.1, 0.15) is 23.9 Å².